The highest BCUT2D eigenvalue weighted by molar-refractivity contribution is 6.31. The van der Waals surface area contributed by atoms with Crippen LogP contribution in [0.2, 0.25) is 5.02 Å². The number of carbonyl (C=O) groups excluding carboxylic acids is 5. The number of rotatable bonds is 6. The Hall–Kier alpha value is -5.83. The molecule has 2 aliphatic carbocycles. The summed E-state index contributed by atoms with van der Waals surface area (Å²) in [5.41, 5.74) is 1.99. The summed E-state index contributed by atoms with van der Waals surface area (Å²) in [5.74, 6) is 4.59. The van der Waals surface area contributed by atoms with Gasteiger partial charge in [-0.25, -0.2) is 9.37 Å². The first-order valence-electron chi connectivity index (χ1n) is 22.7. The molecule has 3 saturated heterocycles. The van der Waals surface area contributed by atoms with Gasteiger partial charge in [-0.05, 0) is 93.8 Å². The predicted molar refractivity (Wildman–Crippen MR) is 237 cm³/mol. The number of pyridine rings is 1. The van der Waals surface area contributed by atoms with Crippen LogP contribution in [0, 0.1) is 51.2 Å². The molecule has 65 heavy (non-hydrogen) atoms. The average molecular weight is 900 g/mol. The second-order valence-corrected chi connectivity index (χ2v) is 20.8. The van der Waals surface area contributed by atoms with Crippen LogP contribution in [-0.2, 0) is 16.1 Å². The van der Waals surface area contributed by atoms with Crippen LogP contribution in [0.15, 0.2) is 42.5 Å². The van der Waals surface area contributed by atoms with Gasteiger partial charge in [0.05, 0.1) is 45.2 Å². The third-order valence-corrected chi connectivity index (χ3v) is 15.9. The van der Waals surface area contributed by atoms with Crippen LogP contribution in [0.5, 0.6) is 5.75 Å². The number of benzene rings is 2. The van der Waals surface area contributed by atoms with Gasteiger partial charge in [0, 0.05) is 66.4 Å². The van der Waals surface area contributed by atoms with Crippen LogP contribution in [0.25, 0.3) is 0 Å². The van der Waals surface area contributed by atoms with Crippen molar-refractivity contribution in [2.24, 2.45) is 22.2 Å². The van der Waals surface area contributed by atoms with Gasteiger partial charge in [-0.3, -0.25) is 39.1 Å². The van der Waals surface area contributed by atoms with Crippen LogP contribution in [0.1, 0.15) is 127 Å². The normalized spacial score (nSPS) is 29.0. The topological polar surface area (TPSA) is 156 Å². The van der Waals surface area contributed by atoms with Gasteiger partial charge in [-0.15, -0.1) is 0 Å². The number of nitrogens with zero attached hydrogens (tertiary/aromatic N) is 6. The highest BCUT2D eigenvalue weighted by Crippen LogP contribution is 2.59. The summed E-state index contributed by atoms with van der Waals surface area (Å²) in [4.78, 5) is 77.0. The lowest BCUT2D eigenvalue weighted by molar-refractivity contribution is -0.199. The van der Waals surface area contributed by atoms with Gasteiger partial charge >= 0.3 is 0 Å². The van der Waals surface area contributed by atoms with Crippen LogP contribution < -0.4 is 15.0 Å². The SMILES string of the molecule is CC1(C)[C@H](Oc2ccc(C#N)c(Cl)c2)C(C)(C)[C@H]1N1Cc2nc(C#CC3CCC(N4CCC5(CCN(c6cc7c(cc6F)C(=O)N(C6CCC(=O)NC6=O)C7=O)C5)C4)CC3)ccc2C1=O. The Morgan fingerprint density at radius 1 is 0.862 bits per heavy atom. The number of nitrogens with one attached hydrogen (secondary N) is 1. The molecule has 336 valence electrons. The summed E-state index contributed by atoms with van der Waals surface area (Å²) in [7, 11) is 0. The molecule has 7 aliphatic rings. The number of nitriles is 1. The lowest BCUT2D eigenvalue weighted by Gasteiger charge is -2.65. The first-order valence-corrected chi connectivity index (χ1v) is 23.1. The predicted octanol–water partition coefficient (Wildman–Crippen LogP) is 6.50. The number of halogens is 2. The van der Waals surface area contributed by atoms with Crippen LogP contribution in [0.4, 0.5) is 10.1 Å². The molecule has 5 amide bonds. The Morgan fingerprint density at radius 3 is 2.29 bits per heavy atom. The van der Waals surface area contributed by atoms with E-state index in [4.69, 9.17) is 21.3 Å². The van der Waals surface area contributed by atoms with E-state index in [0.717, 1.165) is 68.3 Å². The number of hydrogen-bond acceptors (Lipinski definition) is 10. The Balaban J connectivity index is 0.731. The number of ether oxygens (including phenoxy) is 1. The molecule has 2 saturated carbocycles. The van der Waals surface area contributed by atoms with E-state index < -0.39 is 35.5 Å². The van der Waals surface area contributed by atoms with E-state index in [2.05, 4.69) is 55.8 Å². The molecule has 15 heteroatoms. The summed E-state index contributed by atoms with van der Waals surface area (Å²) in [5, 5.41) is 11.8. The number of aromatic nitrogens is 1. The Morgan fingerprint density at radius 2 is 1.58 bits per heavy atom. The standard InChI is InChI=1S/C50H51ClFN7O6/c1-48(2)46(49(3,4)47(48)65-32-13-8-29(24-53)36(51)21-32)58-25-38-33(43(58)62)14-10-30(54-38)9-5-28-6-11-31(12-7-28)56-19-17-50(26-56)18-20-57(27-50)40-23-35-34(22-37(40)52)44(63)59(45(35)64)39-15-16-41(60)55-42(39)61/h8,10,13-14,21-23,28,31,39,46-47H,6-7,11-12,15-20,25-27H2,1-4H3,(H,55,60,61)/t28?,31?,39?,46-,47-,50?. The van der Waals surface area contributed by atoms with E-state index in [9.17, 15) is 29.2 Å². The molecular formula is C50H51ClFN7O6. The zero-order valence-electron chi connectivity index (χ0n) is 37.0. The molecule has 0 radical (unpaired) electrons. The van der Waals surface area contributed by atoms with Crippen molar-refractivity contribution in [2.75, 3.05) is 31.1 Å². The molecule has 10 rings (SSSR count). The fraction of sp³-hybridized carbons (Fsp3) is 0.500. The van der Waals surface area contributed by atoms with E-state index in [-0.39, 0.29) is 64.2 Å². The van der Waals surface area contributed by atoms with Gasteiger partial charge in [0.1, 0.15) is 35.5 Å². The molecule has 5 fully saturated rings. The molecule has 2 aromatic carbocycles. The number of piperidine rings is 1. The summed E-state index contributed by atoms with van der Waals surface area (Å²) < 4.78 is 22.2. The van der Waals surface area contributed by atoms with E-state index >= 15 is 4.39 Å². The molecule has 1 N–H and O–H groups in total. The molecule has 3 aromatic rings. The average Bonchev–Trinajstić information content (AvgIpc) is 4.03. The summed E-state index contributed by atoms with van der Waals surface area (Å²) in [6, 6.07) is 12.7. The quantitative estimate of drug-likeness (QED) is 0.214. The minimum Gasteiger partial charge on any atom is -0.489 e. The van der Waals surface area contributed by atoms with Crippen molar-refractivity contribution in [2.45, 2.75) is 110 Å². The highest BCUT2D eigenvalue weighted by atomic mass is 35.5. The third-order valence-electron chi connectivity index (χ3n) is 15.5. The maximum atomic E-state index is 15.7. The maximum absolute atomic E-state index is 15.7. The molecule has 1 spiro atoms. The number of fused-ring (bicyclic) bond motifs is 2. The molecule has 2 unspecified atom stereocenters. The molecule has 2 atom stereocenters. The van der Waals surface area contributed by atoms with Gasteiger partial charge in [0.25, 0.3) is 17.7 Å². The first-order chi connectivity index (χ1) is 31.0. The van der Waals surface area contributed by atoms with Gasteiger partial charge < -0.3 is 14.5 Å². The van der Waals surface area contributed by atoms with Crippen molar-refractivity contribution in [1.82, 2.24) is 25.0 Å². The smallest absolute Gasteiger partial charge is 0.262 e. The molecule has 0 bridgehead atoms. The van der Waals surface area contributed by atoms with Crippen LogP contribution in [0.3, 0.4) is 0 Å². The summed E-state index contributed by atoms with van der Waals surface area (Å²) >= 11 is 6.30. The second kappa shape index (κ2) is 15.7. The number of carbonyl (C=O) groups is 5. The fourth-order valence-corrected chi connectivity index (χ4v) is 12.9. The van der Waals surface area contributed by atoms with Crippen molar-refractivity contribution >= 4 is 46.8 Å². The van der Waals surface area contributed by atoms with Crippen LogP contribution >= 0.6 is 11.6 Å². The number of imide groups is 2. The number of likely N-dealkylation sites (tertiary alicyclic amines) is 1. The number of anilines is 1. The monoisotopic (exact) mass is 899 g/mol. The lowest BCUT2D eigenvalue weighted by Crippen LogP contribution is -2.74. The van der Waals surface area contributed by atoms with E-state index in [1.165, 1.54) is 6.07 Å². The minimum absolute atomic E-state index is 0.00249. The van der Waals surface area contributed by atoms with E-state index in [1.54, 1.807) is 18.2 Å². The maximum Gasteiger partial charge on any atom is 0.262 e. The third kappa shape index (κ3) is 7.15. The molecular weight excluding hydrogens is 849 g/mol. The zero-order chi connectivity index (χ0) is 45.7. The number of amides is 5. The fourth-order valence-electron chi connectivity index (χ4n) is 12.7. The lowest BCUT2D eigenvalue weighted by atomic mass is 9.49. The van der Waals surface area contributed by atoms with Gasteiger partial charge in [-0.2, -0.15) is 5.26 Å². The zero-order valence-corrected chi connectivity index (χ0v) is 37.8. The molecule has 6 heterocycles. The Kier molecular flexibility index (Phi) is 10.4. The van der Waals surface area contributed by atoms with Gasteiger partial charge in [0.2, 0.25) is 11.8 Å². The largest absolute Gasteiger partial charge is 0.489 e. The van der Waals surface area contributed by atoms with Gasteiger partial charge in [-0.1, -0.05) is 45.2 Å². The highest BCUT2D eigenvalue weighted by Gasteiger charge is 2.67. The van der Waals surface area contributed by atoms with Crippen molar-refractivity contribution in [1.29, 1.82) is 5.26 Å². The first kappa shape index (κ1) is 43.1. The van der Waals surface area contributed by atoms with Crippen molar-refractivity contribution in [3.8, 4) is 23.7 Å². The van der Waals surface area contributed by atoms with Crippen molar-refractivity contribution in [3.05, 3.63) is 86.9 Å². The minimum atomic E-state index is -1.10. The van der Waals surface area contributed by atoms with E-state index in [1.807, 2.05) is 21.9 Å². The molecule has 5 aliphatic heterocycles. The Bertz CT molecular complexity index is 2680. The molecule has 13 nitrogen and oxygen atoms in total. The Labute approximate surface area is 382 Å². The summed E-state index contributed by atoms with van der Waals surface area (Å²) in [6.07, 6.45) is 5.79. The van der Waals surface area contributed by atoms with Gasteiger partial charge in [0.15, 0.2) is 0 Å². The number of hydrogen-bond donors (Lipinski definition) is 1. The van der Waals surface area contributed by atoms with Crippen molar-refractivity contribution < 1.29 is 33.1 Å². The summed E-state index contributed by atoms with van der Waals surface area (Å²) in [6.45, 7) is 12.1. The van der Waals surface area contributed by atoms with E-state index in [0.29, 0.717) is 59.0 Å². The second-order valence-electron chi connectivity index (χ2n) is 20.4. The van der Waals surface area contributed by atoms with Crippen molar-refractivity contribution in [3.63, 3.8) is 0 Å². The molecule has 1 aromatic heterocycles. The van der Waals surface area contributed by atoms with Crippen LogP contribution in [-0.4, -0.2) is 99.6 Å².